The number of carbonyl (C=O) groups excluding carboxylic acids is 2. The second-order valence-electron chi connectivity index (χ2n) is 9.20. The van der Waals surface area contributed by atoms with Gasteiger partial charge in [-0.3, -0.25) is 14.7 Å². The number of rotatable bonds is 5. The molecule has 2 aliphatic heterocycles. The summed E-state index contributed by atoms with van der Waals surface area (Å²) in [7, 11) is 0. The standard InChI is InChI=1S/C26H30N4O2/c31-25-7-3-12-30(25)18-21-4-1-6-22(16-21)26(32)29-11-2-5-19(10-13-29)14-20-8-9-24-23(15-20)17-27-28-24/h1,4,6,8-9,15-17,19H,2-3,5,7,10-14,18H2,(H,27,28)/t19-/m1/s1. The summed E-state index contributed by atoms with van der Waals surface area (Å²) in [6.45, 7) is 3.03. The van der Waals surface area contributed by atoms with Gasteiger partial charge in [-0.15, -0.1) is 0 Å². The lowest BCUT2D eigenvalue weighted by Gasteiger charge is -2.22. The summed E-state index contributed by atoms with van der Waals surface area (Å²) in [6.07, 6.45) is 7.70. The molecule has 0 spiro atoms. The molecule has 1 atom stereocenters. The van der Waals surface area contributed by atoms with Crippen LogP contribution in [0.1, 0.15) is 53.6 Å². The van der Waals surface area contributed by atoms with Crippen LogP contribution < -0.4 is 0 Å². The first-order valence-corrected chi connectivity index (χ1v) is 11.7. The van der Waals surface area contributed by atoms with E-state index < -0.39 is 0 Å². The molecule has 0 saturated carbocycles. The lowest BCUT2D eigenvalue weighted by molar-refractivity contribution is -0.128. The largest absolute Gasteiger partial charge is 0.339 e. The van der Waals surface area contributed by atoms with Crippen molar-refractivity contribution in [2.24, 2.45) is 5.92 Å². The fraction of sp³-hybridized carbons (Fsp3) is 0.423. The number of carbonyl (C=O) groups is 2. The van der Waals surface area contributed by atoms with Crippen molar-refractivity contribution in [2.45, 2.75) is 45.1 Å². The van der Waals surface area contributed by atoms with Crippen LogP contribution in [0.2, 0.25) is 0 Å². The summed E-state index contributed by atoms with van der Waals surface area (Å²) in [5.74, 6) is 0.914. The second-order valence-corrected chi connectivity index (χ2v) is 9.20. The Morgan fingerprint density at radius 3 is 2.84 bits per heavy atom. The molecule has 2 aromatic carbocycles. The van der Waals surface area contributed by atoms with E-state index in [4.69, 9.17) is 0 Å². The molecule has 1 N–H and O–H groups in total. The van der Waals surface area contributed by atoms with Crippen molar-refractivity contribution < 1.29 is 9.59 Å². The lowest BCUT2D eigenvalue weighted by Crippen LogP contribution is -2.32. The highest BCUT2D eigenvalue weighted by Crippen LogP contribution is 2.25. The van der Waals surface area contributed by atoms with E-state index in [0.29, 0.717) is 18.9 Å². The molecule has 2 aliphatic rings. The van der Waals surface area contributed by atoms with E-state index in [9.17, 15) is 9.59 Å². The van der Waals surface area contributed by atoms with Crippen molar-refractivity contribution in [3.8, 4) is 0 Å². The molecule has 1 aromatic heterocycles. The number of hydrogen-bond acceptors (Lipinski definition) is 3. The Labute approximate surface area is 188 Å². The van der Waals surface area contributed by atoms with Crippen LogP contribution >= 0.6 is 0 Å². The monoisotopic (exact) mass is 430 g/mol. The average molecular weight is 431 g/mol. The molecule has 2 saturated heterocycles. The maximum atomic E-state index is 13.2. The predicted molar refractivity (Wildman–Crippen MR) is 124 cm³/mol. The van der Waals surface area contributed by atoms with E-state index in [1.54, 1.807) is 0 Å². The van der Waals surface area contributed by atoms with E-state index in [2.05, 4.69) is 28.4 Å². The number of aromatic nitrogens is 2. The zero-order chi connectivity index (χ0) is 21.9. The summed E-state index contributed by atoms with van der Waals surface area (Å²) in [6, 6.07) is 14.3. The molecule has 32 heavy (non-hydrogen) atoms. The van der Waals surface area contributed by atoms with Crippen LogP contribution in [0.5, 0.6) is 0 Å². The molecule has 166 valence electrons. The van der Waals surface area contributed by atoms with Crippen LogP contribution in [0.4, 0.5) is 0 Å². The predicted octanol–water partition coefficient (Wildman–Crippen LogP) is 4.17. The molecule has 0 unspecified atom stereocenters. The summed E-state index contributed by atoms with van der Waals surface area (Å²) in [5.41, 5.74) is 4.18. The molecular formula is C26H30N4O2. The fourth-order valence-corrected chi connectivity index (χ4v) is 5.10. The Morgan fingerprint density at radius 2 is 1.97 bits per heavy atom. The summed E-state index contributed by atoms with van der Waals surface area (Å²) < 4.78 is 0. The molecule has 0 aliphatic carbocycles. The summed E-state index contributed by atoms with van der Waals surface area (Å²) in [5, 5.41) is 8.27. The minimum Gasteiger partial charge on any atom is -0.339 e. The van der Waals surface area contributed by atoms with Gasteiger partial charge in [0.05, 0.1) is 11.7 Å². The van der Waals surface area contributed by atoms with E-state index in [-0.39, 0.29) is 11.8 Å². The molecule has 0 radical (unpaired) electrons. The molecule has 3 heterocycles. The average Bonchev–Trinajstić information content (AvgIpc) is 3.36. The van der Waals surface area contributed by atoms with Crippen LogP contribution in [0.15, 0.2) is 48.7 Å². The number of hydrogen-bond donors (Lipinski definition) is 1. The molecule has 5 rings (SSSR count). The first-order valence-electron chi connectivity index (χ1n) is 11.7. The van der Waals surface area contributed by atoms with Gasteiger partial charge in [-0.2, -0.15) is 5.10 Å². The number of likely N-dealkylation sites (tertiary alicyclic amines) is 2. The van der Waals surface area contributed by atoms with Gasteiger partial charge in [-0.25, -0.2) is 0 Å². The van der Waals surface area contributed by atoms with Gasteiger partial charge in [0.25, 0.3) is 5.91 Å². The molecule has 3 aromatic rings. The molecular weight excluding hydrogens is 400 g/mol. The number of fused-ring (bicyclic) bond motifs is 1. The SMILES string of the molecule is O=C1CCCN1Cc1cccc(C(=O)N2CCC[C@@H](Cc3ccc4[nH]ncc4c3)CC2)c1. The number of nitrogens with zero attached hydrogens (tertiary/aromatic N) is 3. The lowest BCUT2D eigenvalue weighted by atomic mass is 9.92. The zero-order valence-corrected chi connectivity index (χ0v) is 18.4. The van der Waals surface area contributed by atoms with Gasteiger partial charge in [-0.05, 0) is 73.4 Å². The van der Waals surface area contributed by atoms with Crippen molar-refractivity contribution in [1.82, 2.24) is 20.0 Å². The zero-order valence-electron chi connectivity index (χ0n) is 18.4. The van der Waals surface area contributed by atoms with Gasteiger partial charge in [0.15, 0.2) is 0 Å². The van der Waals surface area contributed by atoms with Crippen LogP contribution in [-0.2, 0) is 17.8 Å². The Balaban J connectivity index is 1.20. The topological polar surface area (TPSA) is 69.3 Å². The Kier molecular flexibility index (Phi) is 5.93. The Morgan fingerprint density at radius 1 is 1.03 bits per heavy atom. The maximum Gasteiger partial charge on any atom is 0.253 e. The van der Waals surface area contributed by atoms with Crippen LogP contribution in [0.3, 0.4) is 0 Å². The number of aromatic amines is 1. The first kappa shape index (κ1) is 20.7. The van der Waals surface area contributed by atoms with E-state index >= 15 is 0 Å². The molecule has 6 nitrogen and oxygen atoms in total. The summed E-state index contributed by atoms with van der Waals surface area (Å²) >= 11 is 0. The van der Waals surface area contributed by atoms with Crippen LogP contribution in [0.25, 0.3) is 10.9 Å². The first-order chi connectivity index (χ1) is 15.7. The maximum absolute atomic E-state index is 13.2. The molecule has 6 heteroatoms. The molecule has 0 bridgehead atoms. The van der Waals surface area contributed by atoms with Crippen molar-refractivity contribution in [3.63, 3.8) is 0 Å². The Hall–Kier alpha value is -3.15. The summed E-state index contributed by atoms with van der Waals surface area (Å²) in [4.78, 5) is 29.1. The van der Waals surface area contributed by atoms with Gasteiger partial charge < -0.3 is 9.80 Å². The highest BCUT2D eigenvalue weighted by atomic mass is 16.2. The second kappa shape index (κ2) is 9.15. The number of amides is 2. The number of benzene rings is 2. The number of H-pyrrole nitrogens is 1. The van der Waals surface area contributed by atoms with Gasteiger partial charge in [0.1, 0.15) is 0 Å². The highest BCUT2D eigenvalue weighted by molar-refractivity contribution is 5.94. The third-order valence-corrected chi connectivity index (χ3v) is 6.88. The van der Waals surface area contributed by atoms with E-state index in [1.165, 1.54) is 5.56 Å². The third-order valence-electron chi connectivity index (χ3n) is 6.88. The van der Waals surface area contributed by atoms with Gasteiger partial charge in [-0.1, -0.05) is 18.2 Å². The quantitative estimate of drug-likeness (QED) is 0.661. The van der Waals surface area contributed by atoms with Crippen molar-refractivity contribution in [3.05, 3.63) is 65.4 Å². The number of nitrogens with one attached hydrogen (secondary N) is 1. The van der Waals surface area contributed by atoms with Gasteiger partial charge in [0, 0.05) is 43.5 Å². The normalized spacial score (nSPS) is 19.5. The Bertz CT molecular complexity index is 1120. The minimum atomic E-state index is 0.111. The van der Waals surface area contributed by atoms with Crippen molar-refractivity contribution in [2.75, 3.05) is 19.6 Å². The molecule has 2 fully saturated rings. The van der Waals surface area contributed by atoms with Gasteiger partial charge in [0.2, 0.25) is 5.91 Å². The fourth-order valence-electron chi connectivity index (χ4n) is 5.10. The van der Waals surface area contributed by atoms with Crippen LogP contribution in [-0.4, -0.2) is 51.4 Å². The smallest absolute Gasteiger partial charge is 0.253 e. The van der Waals surface area contributed by atoms with Crippen molar-refractivity contribution in [1.29, 1.82) is 0 Å². The van der Waals surface area contributed by atoms with Gasteiger partial charge >= 0.3 is 0 Å². The van der Waals surface area contributed by atoms with E-state index in [0.717, 1.165) is 73.8 Å². The van der Waals surface area contributed by atoms with E-state index in [1.807, 2.05) is 40.3 Å². The third kappa shape index (κ3) is 4.54. The van der Waals surface area contributed by atoms with Crippen LogP contribution in [0, 0.1) is 5.92 Å². The van der Waals surface area contributed by atoms with Crippen molar-refractivity contribution >= 4 is 22.7 Å². The molecule has 2 amide bonds. The minimum absolute atomic E-state index is 0.111. The highest BCUT2D eigenvalue weighted by Gasteiger charge is 2.23.